The molecular weight excluding hydrogens is 300 g/mol. The Morgan fingerprint density at radius 3 is 2.77 bits per heavy atom. The predicted molar refractivity (Wildman–Crippen MR) is 86.7 cm³/mol. The lowest BCUT2D eigenvalue weighted by atomic mass is 10.1. The monoisotopic (exact) mass is 324 g/mol. The van der Waals surface area contributed by atoms with Crippen LogP contribution in [0.5, 0.6) is 0 Å². The Balaban J connectivity index is 1.72. The molecule has 0 spiro atoms. The van der Waals surface area contributed by atoms with Gasteiger partial charge >= 0.3 is 6.09 Å². The van der Waals surface area contributed by atoms with Crippen LogP contribution in [0.3, 0.4) is 0 Å². The third-order valence-electron chi connectivity index (χ3n) is 3.57. The molecule has 1 aromatic rings. The lowest BCUT2D eigenvalue weighted by molar-refractivity contribution is -0.125. The minimum atomic E-state index is -0.500. The van der Waals surface area contributed by atoms with Crippen LogP contribution in [0.4, 0.5) is 4.79 Å². The molecule has 1 aliphatic carbocycles. The van der Waals surface area contributed by atoms with Gasteiger partial charge in [0.25, 0.3) is 0 Å². The molecular formula is C16H24N2O3S. The fourth-order valence-corrected chi connectivity index (χ4v) is 3.22. The topological polar surface area (TPSA) is 67.4 Å². The first-order valence-corrected chi connectivity index (χ1v) is 8.56. The van der Waals surface area contributed by atoms with Gasteiger partial charge < -0.3 is 15.4 Å². The Kier molecular flexibility index (Phi) is 5.45. The van der Waals surface area contributed by atoms with Crippen LogP contribution >= 0.6 is 11.3 Å². The molecule has 0 aromatic carbocycles. The van der Waals surface area contributed by atoms with Crippen molar-refractivity contribution < 1.29 is 14.3 Å². The molecule has 1 aliphatic rings. The van der Waals surface area contributed by atoms with Crippen molar-refractivity contribution in [2.45, 2.75) is 58.2 Å². The Bertz CT molecular complexity index is 508. The van der Waals surface area contributed by atoms with Crippen LogP contribution in [0.2, 0.25) is 0 Å². The fraction of sp³-hybridized carbons (Fsp3) is 0.625. The second kappa shape index (κ2) is 7.13. The predicted octanol–water partition coefficient (Wildman–Crippen LogP) is 3.06. The number of hydrogen-bond acceptors (Lipinski definition) is 4. The van der Waals surface area contributed by atoms with Crippen LogP contribution < -0.4 is 10.6 Å². The standard InChI is InChI=1S/C16H24N2O3S/c1-16(2,3)21-15(20)18-13-5-4-12(8-13)14(19)17-9-11-6-7-22-10-11/h6-7,10,12-13H,4-5,8-9H2,1-3H3,(H,17,19)(H,18,20). The summed E-state index contributed by atoms with van der Waals surface area (Å²) in [5.41, 5.74) is 0.625. The van der Waals surface area contributed by atoms with Gasteiger partial charge in [-0.25, -0.2) is 4.79 Å². The Labute approximate surface area is 135 Å². The third kappa shape index (κ3) is 5.33. The average molecular weight is 324 g/mol. The van der Waals surface area contributed by atoms with Crippen molar-refractivity contribution >= 4 is 23.3 Å². The summed E-state index contributed by atoms with van der Waals surface area (Å²) in [4.78, 5) is 23.9. The van der Waals surface area contributed by atoms with Crippen molar-refractivity contribution in [2.24, 2.45) is 5.92 Å². The normalized spacial score (nSPS) is 21.4. The van der Waals surface area contributed by atoms with E-state index in [1.807, 2.05) is 37.6 Å². The number of alkyl carbamates (subject to hydrolysis) is 1. The van der Waals surface area contributed by atoms with Crippen molar-refractivity contribution in [1.29, 1.82) is 0 Å². The molecule has 2 atom stereocenters. The van der Waals surface area contributed by atoms with Gasteiger partial charge in [-0.1, -0.05) is 0 Å². The zero-order valence-corrected chi connectivity index (χ0v) is 14.2. The first kappa shape index (κ1) is 16.8. The van der Waals surface area contributed by atoms with Gasteiger partial charge in [-0.05, 0) is 62.4 Å². The molecule has 1 aromatic heterocycles. The molecule has 0 radical (unpaired) electrons. The number of carbonyl (C=O) groups is 2. The maximum absolute atomic E-state index is 12.1. The number of hydrogen-bond donors (Lipinski definition) is 2. The highest BCUT2D eigenvalue weighted by atomic mass is 32.1. The van der Waals surface area contributed by atoms with Crippen LogP contribution in [0.1, 0.15) is 45.6 Å². The maximum Gasteiger partial charge on any atom is 0.407 e. The number of rotatable bonds is 4. The van der Waals surface area contributed by atoms with Gasteiger partial charge in [0.2, 0.25) is 5.91 Å². The minimum Gasteiger partial charge on any atom is -0.444 e. The summed E-state index contributed by atoms with van der Waals surface area (Å²) in [5.74, 6) is 0.0401. The highest BCUT2D eigenvalue weighted by Crippen LogP contribution is 2.26. The van der Waals surface area contributed by atoms with Gasteiger partial charge in [0.1, 0.15) is 5.60 Å². The van der Waals surface area contributed by atoms with E-state index < -0.39 is 11.7 Å². The van der Waals surface area contributed by atoms with Crippen molar-refractivity contribution in [2.75, 3.05) is 0 Å². The lowest BCUT2D eigenvalue weighted by Gasteiger charge is -2.21. The molecule has 6 heteroatoms. The first-order chi connectivity index (χ1) is 10.3. The van der Waals surface area contributed by atoms with Gasteiger partial charge in [-0.3, -0.25) is 4.79 Å². The van der Waals surface area contributed by atoms with Gasteiger partial charge in [0, 0.05) is 18.5 Å². The second-order valence-electron chi connectivity index (χ2n) is 6.70. The average Bonchev–Trinajstić information content (AvgIpc) is 3.04. The van der Waals surface area contributed by atoms with E-state index in [0.717, 1.165) is 18.4 Å². The third-order valence-corrected chi connectivity index (χ3v) is 4.30. The Morgan fingerprint density at radius 2 is 2.14 bits per heavy atom. The van der Waals surface area contributed by atoms with E-state index in [9.17, 15) is 9.59 Å². The smallest absolute Gasteiger partial charge is 0.407 e. The zero-order valence-electron chi connectivity index (χ0n) is 13.3. The maximum atomic E-state index is 12.1. The molecule has 1 fully saturated rings. The number of amides is 2. The molecule has 1 heterocycles. The lowest BCUT2D eigenvalue weighted by Crippen LogP contribution is -2.38. The number of ether oxygens (including phenoxy) is 1. The van der Waals surface area contributed by atoms with E-state index in [-0.39, 0.29) is 17.9 Å². The molecule has 0 bridgehead atoms. The second-order valence-corrected chi connectivity index (χ2v) is 7.48. The Hall–Kier alpha value is -1.56. The largest absolute Gasteiger partial charge is 0.444 e. The molecule has 0 aliphatic heterocycles. The van der Waals surface area contributed by atoms with Crippen molar-refractivity contribution in [3.05, 3.63) is 22.4 Å². The zero-order chi connectivity index (χ0) is 16.2. The van der Waals surface area contributed by atoms with Crippen molar-refractivity contribution in [1.82, 2.24) is 10.6 Å². The van der Waals surface area contributed by atoms with Crippen LogP contribution in [0.25, 0.3) is 0 Å². The number of thiophene rings is 1. The quantitative estimate of drug-likeness (QED) is 0.894. The molecule has 2 unspecified atom stereocenters. The molecule has 22 heavy (non-hydrogen) atoms. The van der Waals surface area contributed by atoms with Crippen molar-refractivity contribution in [3.63, 3.8) is 0 Å². The summed E-state index contributed by atoms with van der Waals surface area (Å²) < 4.78 is 5.24. The molecule has 2 amide bonds. The number of nitrogens with one attached hydrogen (secondary N) is 2. The van der Waals surface area contributed by atoms with E-state index in [4.69, 9.17) is 4.74 Å². The first-order valence-electron chi connectivity index (χ1n) is 7.62. The van der Waals surface area contributed by atoms with E-state index in [1.165, 1.54) is 0 Å². The molecule has 0 saturated heterocycles. The van der Waals surface area contributed by atoms with E-state index >= 15 is 0 Å². The van der Waals surface area contributed by atoms with Gasteiger partial charge in [0.15, 0.2) is 0 Å². The summed E-state index contributed by atoms with van der Waals surface area (Å²) in [6, 6.07) is 2.03. The SMILES string of the molecule is CC(C)(C)OC(=O)NC1CCC(C(=O)NCc2ccsc2)C1. The highest BCUT2D eigenvalue weighted by Gasteiger charge is 2.31. The van der Waals surface area contributed by atoms with E-state index in [1.54, 1.807) is 11.3 Å². The number of carbonyl (C=O) groups excluding carboxylic acids is 2. The fourth-order valence-electron chi connectivity index (χ4n) is 2.55. The van der Waals surface area contributed by atoms with E-state index in [0.29, 0.717) is 13.0 Å². The molecule has 2 rings (SSSR count). The molecule has 2 N–H and O–H groups in total. The van der Waals surface area contributed by atoms with Crippen LogP contribution in [0, 0.1) is 5.92 Å². The van der Waals surface area contributed by atoms with Gasteiger partial charge in [-0.15, -0.1) is 0 Å². The van der Waals surface area contributed by atoms with Crippen LogP contribution in [-0.2, 0) is 16.1 Å². The molecule has 1 saturated carbocycles. The summed E-state index contributed by atoms with van der Waals surface area (Å²) in [6.07, 6.45) is 1.89. The highest BCUT2D eigenvalue weighted by molar-refractivity contribution is 7.07. The summed E-state index contributed by atoms with van der Waals surface area (Å²) >= 11 is 1.62. The summed E-state index contributed by atoms with van der Waals surface area (Å²) in [6.45, 7) is 6.08. The Morgan fingerprint density at radius 1 is 1.36 bits per heavy atom. The summed E-state index contributed by atoms with van der Waals surface area (Å²) in [7, 11) is 0. The van der Waals surface area contributed by atoms with Crippen LogP contribution in [0.15, 0.2) is 16.8 Å². The molecule has 122 valence electrons. The van der Waals surface area contributed by atoms with Crippen LogP contribution in [-0.4, -0.2) is 23.6 Å². The van der Waals surface area contributed by atoms with Gasteiger partial charge in [-0.2, -0.15) is 11.3 Å². The summed E-state index contributed by atoms with van der Waals surface area (Å²) in [5, 5.41) is 9.84. The van der Waals surface area contributed by atoms with E-state index in [2.05, 4.69) is 10.6 Å². The van der Waals surface area contributed by atoms with Gasteiger partial charge in [0.05, 0.1) is 0 Å². The molecule has 5 nitrogen and oxygen atoms in total. The van der Waals surface area contributed by atoms with Crippen molar-refractivity contribution in [3.8, 4) is 0 Å². The minimum absolute atomic E-state index is 0.0201.